The average Bonchev–Trinajstić information content (AvgIpc) is 4.03. The topological polar surface area (TPSA) is 8.17 Å². The van der Waals surface area contributed by atoms with E-state index in [2.05, 4.69) is 290 Å². The highest BCUT2D eigenvalue weighted by molar-refractivity contribution is 6.11. The molecule has 0 radical (unpaired) electrons. The lowest BCUT2D eigenvalue weighted by atomic mass is 9.68. The van der Waals surface area contributed by atoms with Crippen molar-refractivity contribution >= 4 is 38.9 Å². The highest BCUT2D eigenvalue weighted by Crippen LogP contribution is 2.58. The number of para-hydroxylation sites is 2. The molecule has 0 N–H and O–H groups in total. The highest BCUT2D eigenvalue weighted by atomic mass is 15.1. The number of benzene rings is 11. The molecular formula is C70H50N2. The highest BCUT2D eigenvalue weighted by Gasteiger charge is 2.47. The minimum absolute atomic E-state index is 0.0527. The Morgan fingerprint density at radius 2 is 0.847 bits per heavy atom. The molecule has 0 amide bonds. The quantitative estimate of drug-likeness (QED) is 0.147. The lowest BCUT2D eigenvalue weighted by Crippen LogP contribution is -2.28. The zero-order valence-electron chi connectivity index (χ0n) is 40.3. The zero-order valence-corrected chi connectivity index (χ0v) is 40.3. The average molecular weight is 919 g/mol. The molecule has 2 aliphatic rings. The van der Waals surface area contributed by atoms with E-state index in [0.717, 1.165) is 17.1 Å². The normalized spacial score (nSPS) is 13.6. The molecule has 2 heteroatoms. The first kappa shape index (κ1) is 41.9. The molecule has 0 saturated heterocycles. The number of fused-ring (bicyclic) bond motifs is 9. The van der Waals surface area contributed by atoms with Gasteiger partial charge in [0.25, 0.3) is 0 Å². The lowest BCUT2D eigenvalue weighted by Gasteiger charge is -2.34. The monoisotopic (exact) mass is 918 g/mol. The van der Waals surface area contributed by atoms with Gasteiger partial charge in [-0.15, -0.1) is 0 Å². The lowest BCUT2D eigenvalue weighted by molar-refractivity contribution is 0.660. The molecule has 340 valence electrons. The van der Waals surface area contributed by atoms with Crippen molar-refractivity contribution in [3.05, 3.63) is 300 Å². The van der Waals surface area contributed by atoms with Crippen LogP contribution in [-0.4, -0.2) is 4.57 Å². The molecule has 72 heavy (non-hydrogen) atoms. The van der Waals surface area contributed by atoms with Crippen molar-refractivity contribution in [1.82, 2.24) is 4.57 Å². The smallest absolute Gasteiger partial charge is 0.0714 e. The number of aromatic nitrogens is 1. The minimum Gasteiger partial charge on any atom is -0.310 e. The Bertz CT molecular complexity index is 4030. The molecule has 12 aromatic rings. The molecule has 0 spiro atoms. The SMILES string of the molecule is CC1(C)c2ccccc2-c2cc(N(c3ccccc3)c3cccc(-c4cccc(-c5ccc6c(c5)c5ccccc5n6-c5cccc6c5-c5ccccc5C6(c5ccccc5)c5ccccc5)c4)c3)ccc21. The fourth-order valence-electron chi connectivity index (χ4n) is 12.6. The molecule has 0 aliphatic heterocycles. The third-order valence-corrected chi connectivity index (χ3v) is 15.8. The van der Waals surface area contributed by atoms with Gasteiger partial charge in [-0.2, -0.15) is 0 Å². The van der Waals surface area contributed by atoms with Crippen LogP contribution in [0.2, 0.25) is 0 Å². The number of nitrogens with zero attached hydrogens (tertiary/aromatic N) is 2. The maximum Gasteiger partial charge on any atom is 0.0714 e. The Hall–Kier alpha value is -8.98. The third-order valence-electron chi connectivity index (χ3n) is 15.8. The van der Waals surface area contributed by atoms with Crippen molar-refractivity contribution < 1.29 is 0 Å². The number of hydrogen-bond acceptors (Lipinski definition) is 1. The Morgan fingerprint density at radius 3 is 1.60 bits per heavy atom. The van der Waals surface area contributed by atoms with Gasteiger partial charge in [0.15, 0.2) is 0 Å². The van der Waals surface area contributed by atoms with E-state index in [0.29, 0.717) is 0 Å². The molecule has 1 aromatic heterocycles. The second-order valence-corrected chi connectivity index (χ2v) is 20.0. The van der Waals surface area contributed by atoms with Crippen molar-refractivity contribution in [2.24, 2.45) is 0 Å². The summed E-state index contributed by atoms with van der Waals surface area (Å²) in [6, 6.07) is 98.9. The van der Waals surface area contributed by atoms with Crippen molar-refractivity contribution in [2.75, 3.05) is 4.90 Å². The van der Waals surface area contributed by atoms with Crippen LogP contribution in [0.4, 0.5) is 17.1 Å². The molecule has 2 aliphatic carbocycles. The molecule has 1 heterocycles. The van der Waals surface area contributed by atoms with Gasteiger partial charge >= 0.3 is 0 Å². The van der Waals surface area contributed by atoms with Crippen molar-refractivity contribution in [2.45, 2.75) is 24.7 Å². The summed E-state index contributed by atoms with van der Waals surface area (Å²) in [5.74, 6) is 0. The molecule has 0 bridgehead atoms. The van der Waals surface area contributed by atoms with Crippen LogP contribution in [0.3, 0.4) is 0 Å². The van der Waals surface area contributed by atoms with Crippen molar-refractivity contribution in [3.63, 3.8) is 0 Å². The molecule has 0 saturated carbocycles. The molecule has 11 aromatic carbocycles. The van der Waals surface area contributed by atoms with Gasteiger partial charge in [0.05, 0.1) is 22.1 Å². The van der Waals surface area contributed by atoms with Crippen LogP contribution in [0.1, 0.15) is 47.2 Å². The molecular weight excluding hydrogens is 869 g/mol. The van der Waals surface area contributed by atoms with Gasteiger partial charge in [0.2, 0.25) is 0 Å². The first-order valence-electron chi connectivity index (χ1n) is 25.2. The van der Waals surface area contributed by atoms with Crippen LogP contribution in [0.15, 0.2) is 267 Å². The maximum absolute atomic E-state index is 2.51. The van der Waals surface area contributed by atoms with E-state index in [9.17, 15) is 0 Å². The molecule has 0 unspecified atom stereocenters. The summed E-state index contributed by atoms with van der Waals surface area (Å²) in [6.45, 7) is 4.69. The van der Waals surface area contributed by atoms with Crippen LogP contribution in [0, 0.1) is 0 Å². The Morgan fingerprint density at radius 1 is 0.319 bits per heavy atom. The van der Waals surface area contributed by atoms with E-state index < -0.39 is 5.41 Å². The Balaban J connectivity index is 0.880. The predicted molar refractivity (Wildman–Crippen MR) is 301 cm³/mol. The summed E-state index contributed by atoms with van der Waals surface area (Å²) < 4.78 is 2.51. The molecule has 0 fully saturated rings. The number of hydrogen-bond donors (Lipinski definition) is 0. The van der Waals surface area contributed by atoms with E-state index >= 15 is 0 Å². The second kappa shape index (κ2) is 16.3. The molecule has 0 atom stereocenters. The van der Waals surface area contributed by atoms with E-state index in [1.807, 2.05) is 0 Å². The van der Waals surface area contributed by atoms with Gasteiger partial charge in [-0.3, -0.25) is 0 Å². The Kier molecular flexibility index (Phi) is 9.50. The first-order chi connectivity index (χ1) is 35.5. The molecule has 14 rings (SSSR count). The van der Waals surface area contributed by atoms with E-state index in [4.69, 9.17) is 0 Å². The fraction of sp³-hybridized carbons (Fsp3) is 0.0571. The summed E-state index contributed by atoms with van der Waals surface area (Å²) >= 11 is 0. The minimum atomic E-state index is -0.479. The first-order valence-corrected chi connectivity index (χ1v) is 25.2. The summed E-state index contributed by atoms with van der Waals surface area (Å²) in [5, 5.41) is 2.47. The van der Waals surface area contributed by atoms with Crippen molar-refractivity contribution in [1.29, 1.82) is 0 Å². The van der Waals surface area contributed by atoms with Crippen LogP contribution >= 0.6 is 0 Å². The van der Waals surface area contributed by atoms with Crippen LogP contribution in [0.5, 0.6) is 0 Å². The van der Waals surface area contributed by atoms with Gasteiger partial charge in [0, 0.05) is 38.8 Å². The van der Waals surface area contributed by atoms with Gasteiger partial charge in [-0.25, -0.2) is 0 Å². The van der Waals surface area contributed by atoms with E-state index in [-0.39, 0.29) is 5.41 Å². The van der Waals surface area contributed by atoms with E-state index in [1.54, 1.807) is 0 Å². The fourth-order valence-corrected chi connectivity index (χ4v) is 12.6. The summed E-state index contributed by atoms with van der Waals surface area (Å²) in [7, 11) is 0. The zero-order chi connectivity index (χ0) is 48.0. The summed E-state index contributed by atoms with van der Waals surface area (Å²) in [5.41, 5.74) is 24.2. The predicted octanol–water partition coefficient (Wildman–Crippen LogP) is 18.3. The standard InChI is InChI=1S/C70H50N2/c1-69(2)61-34-15-12-31-56(61)59-46-55(40-41-62(59)69)71(53-28-10-5-11-29-53)54-30-19-23-49(44-54)47-21-18-22-48(43-47)50-39-42-66-60(45-50)57-32-14-17-37-65(57)72(66)67-38-20-36-64-68(67)58-33-13-16-35-63(58)70(64,51-24-6-3-7-25-51)52-26-8-4-9-27-52/h3-46H,1-2H3. The van der Waals surface area contributed by atoms with Gasteiger partial charge in [-0.1, -0.05) is 214 Å². The maximum atomic E-state index is 2.51. The van der Waals surface area contributed by atoms with E-state index in [1.165, 1.54) is 105 Å². The van der Waals surface area contributed by atoms with Gasteiger partial charge in [-0.05, 0) is 139 Å². The summed E-state index contributed by atoms with van der Waals surface area (Å²) in [6.07, 6.45) is 0. The van der Waals surface area contributed by atoms with Crippen LogP contribution in [-0.2, 0) is 10.8 Å². The van der Waals surface area contributed by atoms with Gasteiger partial charge in [0.1, 0.15) is 0 Å². The van der Waals surface area contributed by atoms with Crippen LogP contribution < -0.4 is 4.90 Å². The van der Waals surface area contributed by atoms with Crippen molar-refractivity contribution in [3.8, 4) is 50.2 Å². The number of anilines is 3. The largest absolute Gasteiger partial charge is 0.310 e. The summed E-state index contributed by atoms with van der Waals surface area (Å²) in [4.78, 5) is 2.40. The van der Waals surface area contributed by atoms with Crippen LogP contribution in [0.25, 0.3) is 72.0 Å². The van der Waals surface area contributed by atoms with Gasteiger partial charge < -0.3 is 9.47 Å². The second-order valence-electron chi connectivity index (χ2n) is 20.0. The Labute approximate surface area is 421 Å². The third kappa shape index (κ3) is 6.22. The molecule has 2 nitrogen and oxygen atoms in total. The number of rotatable bonds is 8.